The van der Waals surface area contributed by atoms with E-state index in [0.29, 0.717) is 42.9 Å². The minimum absolute atomic E-state index is 0.0273. The molecule has 1 aliphatic carbocycles. The molecule has 0 saturated carbocycles. The summed E-state index contributed by atoms with van der Waals surface area (Å²) in [6, 6.07) is 7.38. The number of rotatable bonds is 1. The minimum atomic E-state index is -0.601. The van der Waals surface area contributed by atoms with Crippen molar-refractivity contribution in [3.05, 3.63) is 46.8 Å². The van der Waals surface area contributed by atoms with Crippen molar-refractivity contribution < 1.29 is 14.3 Å². The fourth-order valence-electron chi connectivity index (χ4n) is 4.78. The molecule has 140 valence electrons. The van der Waals surface area contributed by atoms with Crippen LogP contribution in [0.3, 0.4) is 0 Å². The van der Waals surface area contributed by atoms with E-state index in [2.05, 4.69) is 5.10 Å². The highest BCUT2D eigenvalue weighted by Gasteiger charge is 2.47. The zero-order chi connectivity index (χ0) is 18.6. The number of aromatic nitrogens is 2. The number of carbonyl (C=O) groups is 2. The molecule has 1 spiro atoms. The molecule has 3 aliphatic rings. The lowest BCUT2D eigenvalue weighted by Crippen LogP contribution is -2.45. The molecule has 1 aromatic carbocycles. The van der Waals surface area contributed by atoms with Gasteiger partial charge in [-0.05, 0) is 37.8 Å². The summed E-state index contributed by atoms with van der Waals surface area (Å²) in [5.41, 5.74) is 2.94. The number of carbonyl (C=O) groups excluding carboxylic acids is 2. The van der Waals surface area contributed by atoms with E-state index in [0.717, 1.165) is 31.2 Å². The second kappa shape index (κ2) is 5.94. The van der Waals surface area contributed by atoms with Crippen molar-refractivity contribution in [1.29, 1.82) is 0 Å². The number of amides is 1. The van der Waals surface area contributed by atoms with Crippen molar-refractivity contribution in [2.45, 2.75) is 44.1 Å². The maximum absolute atomic E-state index is 13.2. The molecule has 0 unspecified atom stereocenters. The van der Waals surface area contributed by atoms with Crippen LogP contribution in [0.15, 0.2) is 24.3 Å². The van der Waals surface area contributed by atoms with Crippen LogP contribution in [0.1, 0.15) is 57.8 Å². The van der Waals surface area contributed by atoms with Gasteiger partial charge in [-0.2, -0.15) is 5.10 Å². The summed E-state index contributed by atoms with van der Waals surface area (Å²) in [5.74, 6) is 0.708. The Morgan fingerprint density at radius 1 is 1.22 bits per heavy atom. The Bertz CT molecular complexity index is 948. The Hall–Kier alpha value is -2.63. The lowest BCUT2D eigenvalue weighted by atomic mass is 9.89. The van der Waals surface area contributed by atoms with E-state index in [1.165, 1.54) is 5.69 Å². The zero-order valence-electron chi connectivity index (χ0n) is 15.5. The summed E-state index contributed by atoms with van der Waals surface area (Å²) in [7, 11) is 1.92. The van der Waals surface area contributed by atoms with Gasteiger partial charge in [-0.1, -0.05) is 12.1 Å². The van der Waals surface area contributed by atoms with Gasteiger partial charge in [-0.3, -0.25) is 14.3 Å². The molecule has 2 aromatic rings. The fourth-order valence-corrected chi connectivity index (χ4v) is 4.78. The Morgan fingerprint density at radius 2 is 2.04 bits per heavy atom. The number of hydrogen-bond acceptors (Lipinski definition) is 4. The number of hydrogen-bond donors (Lipinski definition) is 0. The molecule has 6 nitrogen and oxygen atoms in total. The van der Waals surface area contributed by atoms with Gasteiger partial charge in [-0.15, -0.1) is 0 Å². The molecule has 1 atom stereocenters. The van der Waals surface area contributed by atoms with Crippen LogP contribution in [0.2, 0.25) is 0 Å². The average Bonchev–Trinajstić information content (AvgIpc) is 3.23. The maximum Gasteiger partial charge on any atom is 0.274 e. The van der Waals surface area contributed by atoms with Crippen molar-refractivity contribution in [2.24, 2.45) is 7.05 Å². The van der Waals surface area contributed by atoms with E-state index in [-0.39, 0.29) is 11.7 Å². The van der Waals surface area contributed by atoms with Gasteiger partial charge in [0, 0.05) is 31.3 Å². The SMILES string of the molecule is Cn1nc(C(=O)N2CC[C@]3(CC(=O)c4ccccc4O3)C2)c2c1CCCC2. The smallest absolute Gasteiger partial charge is 0.274 e. The first-order chi connectivity index (χ1) is 13.1. The van der Waals surface area contributed by atoms with Crippen molar-refractivity contribution in [3.63, 3.8) is 0 Å². The second-order valence-electron chi connectivity index (χ2n) is 7.96. The van der Waals surface area contributed by atoms with Gasteiger partial charge in [-0.25, -0.2) is 0 Å². The van der Waals surface area contributed by atoms with Crippen LogP contribution < -0.4 is 4.74 Å². The molecule has 2 aliphatic heterocycles. The summed E-state index contributed by atoms with van der Waals surface area (Å²) >= 11 is 0. The van der Waals surface area contributed by atoms with Crippen LogP contribution >= 0.6 is 0 Å². The molecule has 3 heterocycles. The molecule has 1 aromatic heterocycles. The van der Waals surface area contributed by atoms with E-state index < -0.39 is 5.60 Å². The van der Waals surface area contributed by atoms with Crippen LogP contribution in [-0.2, 0) is 19.9 Å². The Morgan fingerprint density at radius 3 is 2.93 bits per heavy atom. The Labute approximate surface area is 158 Å². The van der Waals surface area contributed by atoms with E-state index in [1.54, 1.807) is 0 Å². The van der Waals surface area contributed by atoms with Crippen molar-refractivity contribution >= 4 is 11.7 Å². The lowest BCUT2D eigenvalue weighted by Gasteiger charge is -2.34. The zero-order valence-corrected chi connectivity index (χ0v) is 15.5. The predicted octanol–water partition coefficient (Wildman–Crippen LogP) is 2.55. The van der Waals surface area contributed by atoms with Gasteiger partial charge in [0.1, 0.15) is 11.4 Å². The first-order valence-electron chi connectivity index (χ1n) is 9.72. The topological polar surface area (TPSA) is 64.4 Å². The van der Waals surface area contributed by atoms with Crippen LogP contribution in [0.5, 0.6) is 5.75 Å². The molecule has 0 N–H and O–H groups in total. The quantitative estimate of drug-likeness (QED) is 0.779. The number of likely N-dealkylation sites (tertiary alicyclic amines) is 1. The first-order valence-corrected chi connectivity index (χ1v) is 9.72. The number of ketones is 1. The molecular formula is C21H23N3O3. The molecule has 1 amide bonds. The number of ether oxygens (including phenoxy) is 1. The van der Waals surface area contributed by atoms with E-state index in [1.807, 2.05) is 40.9 Å². The number of para-hydroxylation sites is 1. The predicted molar refractivity (Wildman–Crippen MR) is 99.1 cm³/mol. The molecule has 1 fully saturated rings. The molecule has 5 rings (SSSR count). The first kappa shape index (κ1) is 16.5. The second-order valence-corrected chi connectivity index (χ2v) is 7.96. The summed E-state index contributed by atoms with van der Waals surface area (Å²) in [5, 5.41) is 4.54. The maximum atomic E-state index is 13.2. The highest BCUT2D eigenvalue weighted by atomic mass is 16.5. The van der Waals surface area contributed by atoms with Crippen LogP contribution in [-0.4, -0.2) is 45.1 Å². The standard InChI is InChI=1S/C21H23N3O3/c1-23-16-8-4-2-6-14(16)19(22-23)20(26)24-11-10-21(13-24)12-17(25)15-7-3-5-9-18(15)27-21/h3,5,7,9H,2,4,6,8,10-13H2,1H3/t21-/m0/s1. The number of Topliss-reactive ketones (excluding diaryl/α,β-unsaturated/α-hetero) is 1. The summed E-state index contributed by atoms with van der Waals surface area (Å²) in [4.78, 5) is 27.6. The molecular weight excluding hydrogens is 342 g/mol. The number of nitrogens with zero attached hydrogens (tertiary/aromatic N) is 3. The van der Waals surface area contributed by atoms with Gasteiger partial charge in [0.25, 0.3) is 5.91 Å². The molecule has 6 heteroatoms. The molecule has 27 heavy (non-hydrogen) atoms. The minimum Gasteiger partial charge on any atom is -0.484 e. The number of aryl methyl sites for hydroxylation is 1. The van der Waals surface area contributed by atoms with Gasteiger partial charge < -0.3 is 9.64 Å². The monoisotopic (exact) mass is 365 g/mol. The number of benzene rings is 1. The summed E-state index contributed by atoms with van der Waals surface area (Å²) < 4.78 is 8.11. The van der Waals surface area contributed by atoms with Gasteiger partial charge in [0.15, 0.2) is 11.5 Å². The highest BCUT2D eigenvalue weighted by Crippen LogP contribution is 2.39. The van der Waals surface area contributed by atoms with Gasteiger partial charge in [0.2, 0.25) is 0 Å². The fraction of sp³-hybridized carbons (Fsp3) is 0.476. The summed E-state index contributed by atoms with van der Waals surface area (Å²) in [6.45, 7) is 1.04. The van der Waals surface area contributed by atoms with E-state index >= 15 is 0 Å². The normalized spacial score (nSPS) is 23.9. The molecule has 0 bridgehead atoms. The van der Waals surface area contributed by atoms with Crippen molar-refractivity contribution in [1.82, 2.24) is 14.7 Å². The highest BCUT2D eigenvalue weighted by molar-refractivity contribution is 6.00. The molecule has 1 saturated heterocycles. The van der Waals surface area contributed by atoms with Crippen molar-refractivity contribution in [3.8, 4) is 5.75 Å². The van der Waals surface area contributed by atoms with Crippen LogP contribution in [0.4, 0.5) is 0 Å². The third kappa shape index (κ3) is 2.58. The van der Waals surface area contributed by atoms with Crippen LogP contribution in [0.25, 0.3) is 0 Å². The third-order valence-corrected chi connectivity index (χ3v) is 6.17. The third-order valence-electron chi connectivity index (χ3n) is 6.17. The van der Waals surface area contributed by atoms with Crippen LogP contribution in [0, 0.1) is 0 Å². The lowest BCUT2D eigenvalue weighted by molar-refractivity contribution is 0.0427. The van der Waals surface area contributed by atoms with Gasteiger partial charge in [0.05, 0.1) is 18.5 Å². The number of fused-ring (bicyclic) bond motifs is 2. The largest absolute Gasteiger partial charge is 0.484 e. The Kier molecular flexibility index (Phi) is 3.64. The Balaban J connectivity index is 1.40. The summed E-state index contributed by atoms with van der Waals surface area (Å²) in [6.07, 6.45) is 5.18. The van der Waals surface area contributed by atoms with E-state index in [4.69, 9.17) is 4.74 Å². The van der Waals surface area contributed by atoms with Crippen molar-refractivity contribution in [2.75, 3.05) is 13.1 Å². The van der Waals surface area contributed by atoms with E-state index in [9.17, 15) is 9.59 Å². The molecule has 0 radical (unpaired) electrons. The van der Waals surface area contributed by atoms with Gasteiger partial charge >= 0.3 is 0 Å². The average molecular weight is 365 g/mol.